The van der Waals surface area contributed by atoms with Crippen LogP contribution in [0.15, 0.2) is 24.3 Å². The van der Waals surface area contributed by atoms with Gasteiger partial charge in [0.1, 0.15) is 24.7 Å². The highest BCUT2D eigenvalue weighted by atomic mass is 16.5. The Morgan fingerprint density at radius 3 is 2.19 bits per heavy atom. The summed E-state index contributed by atoms with van der Waals surface area (Å²) in [5.41, 5.74) is 0. The van der Waals surface area contributed by atoms with E-state index in [0.717, 1.165) is 24.7 Å². The molecule has 0 radical (unpaired) electrons. The maximum absolute atomic E-state index is 5.65. The summed E-state index contributed by atoms with van der Waals surface area (Å²) < 4.78 is 16.7. The third-order valence-electron chi connectivity index (χ3n) is 3.79. The summed E-state index contributed by atoms with van der Waals surface area (Å²) in [7, 11) is 0. The highest BCUT2D eigenvalue weighted by Crippen LogP contribution is 2.17. The number of hydrogen-bond donors (Lipinski definition) is 1. The molecule has 1 aliphatic rings. The first kappa shape index (κ1) is 16.1. The Morgan fingerprint density at radius 1 is 0.857 bits per heavy atom. The molecule has 0 bridgehead atoms. The van der Waals surface area contributed by atoms with Crippen molar-refractivity contribution in [3.8, 4) is 11.5 Å². The number of ether oxygens (including phenoxy) is 3. The standard InChI is InChI=1S/C17H27NO3/c1-2-20-16-6-8-17(9-7-16)21-15-14-19-13-12-18-10-4-3-5-11-18/h6-9H,2-5,10-15H2,1H3/p+1. The Kier molecular flexibility index (Phi) is 7.39. The quantitative estimate of drug-likeness (QED) is 0.701. The Hall–Kier alpha value is -1.26. The average molecular weight is 294 g/mol. The van der Waals surface area contributed by atoms with E-state index in [1.54, 1.807) is 4.90 Å². The van der Waals surface area contributed by atoms with Crippen LogP contribution in [0, 0.1) is 0 Å². The second-order valence-corrected chi connectivity index (χ2v) is 5.43. The van der Waals surface area contributed by atoms with Crippen molar-refractivity contribution in [3.63, 3.8) is 0 Å². The summed E-state index contributed by atoms with van der Waals surface area (Å²) in [5, 5.41) is 0. The lowest BCUT2D eigenvalue weighted by atomic mass is 10.1. The normalized spacial score (nSPS) is 15.9. The topological polar surface area (TPSA) is 32.1 Å². The minimum absolute atomic E-state index is 0.601. The molecule has 0 saturated carbocycles. The number of nitrogens with one attached hydrogen (secondary N) is 1. The van der Waals surface area contributed by atoms with Gasteiger partial charge in [-0.2, -0.15) is 0 Å². The Morgan fingerprint density at radius 2 is 1.52 bits per heavy atom. The zero-order valence-electron chi connectivity index (χ0n) is 13.1. The third kappa shape index (κ3) is 6.36. The molecule has 1 aliphatic heterocycles. The minimum atomic E-state index is 0.601. The molecule has 4 nitrogen and oxygen atoms in total. The summed E-state index contributed by atoms with van der Waals surface area (Å²) in [4.78, 5) is 1.69. The van der Waals surface area contributed by atoms with Crippen LogP contribution in [0.4, 0.5) is 0 Å². The number of piperidine rings is 1. The van der Waals surface area contributed by atoms with Crippen LogP contribution in [-0.2, 0) is 4.74 Å². The molecule has 0 unspecified atom stereocenters. The summed E-state index contributed by atoms with van der Waals surface area (Å²) in [6, 6.07) is 7.73. The van der Waals surface area contributed by atoms with Gasteiger partial charge in [-0.3, -0.25) is 0 Å². The van der Waals surface area contributed by atoms with Crippen LogP contribution in [-0.4, -0.2) is 46.1 Å². The SMILES string of the molecule is CCOc1ccc(OCCOCC[NH+]2CCCCC2)cc1. The van der Waals surface area contributed by atoms with Crippen LogP contribution in [0.1, 0.15) is 26.2 Å². The molecule has 1 N–H and O–H groups in total. The van der Waals surface area contributed by atoms with Crippen LogP contribution in [0.3, 0.4) is 0 Å². The zero-order valence-corrected chi connectivity index (χ0v) is 13.1. The number of rotatable bonds is 9. The molecule has 2 rings (SSSR count). The molecule has 0 amide bonds. The molecule has 118 valence electrons. The van der Waals surface area contributed by atoms with E-state index in [9.17, 15) is 0 Å². The van der Waals surface area contributed by atoms with E-state index in [2.05, 4.69) is 0 Å². The van der Waals surface area contributed by atoms with Gasteiger partial charge in [0.25, 0.3) is 0 Å². The molecule has 1 aromatic rings. The van der Waals surface area contributed by atoms with Gasteiger partial charge in [-0.05, 0) is 50.5 Å². The fourth-order valence-corrected chi connectivity index (χ4v) is 2.64. The van der Waals surface area contributed by atoms with Gasteiger partial charge in [-0.25, -0.2) is 0 Å². The molecular formula is C17H28NO3+. The van der Waals surface area contributed by atoms with E-state index in [1.807, 2.05) is 31.2 Å². The lowest BCUT2D eigenvalue weighted by Crippen LogP contribution is -3.13. The lowest BCUT2D eigenvalue weighted by Gasteiger charge is -2.23. The fraction of sp³-hybridized carbons (Fsp3) is 0.647. The first-order valence-electron chi connectivity index (χ1n) is 8.15. The van der Waals surface area contributed by atoms with E-state index >= 15 is 0 Å². The van der Waals surface area contributed by atoms with E-state index in [1.165, 1.54) is 32.4 Å². The van der Waals surface area contributed by atoms with Gasteiger partial charge in [-0.15, -0.1) is 0 Å². The highest BCUT2D eigenvalue weighted by Gasteiger charge is 2.12. The van der Waals surface area contributed by atoms with Gasteiger partial charge in [0, 0.05) is 0 Å². The molecule has 0 atom stereocenters. The van der Waals surface area contributed by atoms with Crippen LogP contribution in [0.2, 0.25) is 0 Å². The Bertz CT molecular complexity index is 374. The lowest BCUT2D eigenvalue weighted by molar-refractivity contribution is -0.905. The first-order valence-corrected chi connectivity index (χ1v) is 8.15. The van der Waals surface area contributed by atoms with Gasteiger partial charge in [0.2, 0.25) is 0 Å². The van der Waals surface area contributed by atoms with E-state index in [-0.39, 0.29) is 0 Å². The molecule has 0 aliphatic carbocycles. The number of quaternary nitrogens is 1. The van der Waals surface area contributed by atoms with Gasteiger partial charge < -0.3 is 19.1 Å². The summed E-state index contributed by atoms with van der Waals surface area (Å²) in [5.74, 6) is 1.74. The smallest absolute Gasteiger partial charge is 0.119 e. The molecule has 0 spiro atoms. The van der Waals surface area contributed by atoms with Crippen LogP contribution in [0.25, 0.3) is 0 Å². The Labute approximate surface area is 128 Å². The minimum Gasteiger partial charge on any atom is -0.494 e. The van der Waals surface area contributed by atoms with E-state index in [4.69, 9.17) is 14.2 Å². The summed E-state index contributed by atoms with van der Waals surface area (Å²) >= 11 is 0. The first-order chi connectivity index (χ1) is 10.4. The van der Waals surface area contributed by atoms with Gasteiger partial charge in [0.15, 0.2) is 0 Å². The number of likely N-dealkylation sites (tertiary alicyclic amines) is 1. The largest absolute Gasteiger partial charge is 0.494 e. The van der Waals surface area contributed by atoms with Crippen LogP contribution < -0.4 is 14.4 Å². The molecular weight excluding hydrogens is 266 g/mol. The van der Waals surface area contributed by atoms with Gasteiger partial charge in [-0.1, -0.05) is 0 Å². The molecule has 1 aromatic carbocycles. The third-order valence-corrected chi connectivity index (χ3v) is 3.79. The second kappa shape index (κ2) is 9.64. The van der Waals surface area contributed by atoms with Crippen molar-refractivity contribution in [1.82, 2.24) is 0 Å². The molecule has 1 fully saturated rings. The molecule has 4 heteroatoms. The monoisotopic (exact) mass is 294 g/mol. The molecule has 1 saturated heterocycles. The number of hydrogen-bond acceptors (Lipinski definition) is 3. The molecule has 21 heavy (non-hydrogen) atoms. The van der Waals surface area contributed by atoms with Crippen molar-refractivity contribution in [1.29, 1.82) is 0 Å². The highest BCUT2D eigenvalue weighted by molar-refractivity contribution is 5.31. The predicted octanol–water partition coefficient (Wildman–Crippen LogP) is 1.55. The van der Waals surface area contributed by atoms with E-state index < -0.39 is 0 Å². The van der Waals surface area contributed by atoms with Crippen LogP contribution in [0.5, 0.6) is 11.5 Å². The molecule has 1 heterocycles. The van der Waals surface area contributed by atoms with Crippen molar-refractivity contribution in [2.45, 2.75) is 26.2 Å². The molecule has 0 aromatic heterocycles. The van der Waals surface area contributed by atoms with Crippen molar-refractivity contribution < 1.29 is 19.1 Å². The average Bonchev–Trinajstić information content (AvgIpc) is 2.53. The van der Waals surface area contributed by atoms with E-state index in [0.29, 0.717) is 19.8 Å². The Balaban J connectivity index is 1.51. The van der Waals surface area contributed by atoms with Gasteiger partial charge in [0.05, 0.1) is 32.9 Å². The van der Waals surface area contributed by atoms with Crippen molar-refractivity contribution in [2.24, 2.45) is 0 Å². The fourth-order valence-electron chi connectivity index (χ4n) is 2.64. The van der Waals surface area contributed by atoms with Crippen molar-refractivity contribution in [3.05, 3.63) is 24.3 Å². The second-order valence-electron chi connectivity index (χ2n) is 5.43. The van der Waals surface area contributed by atoms with Crippen molar-refractivity contribution >= 4 is 0 Å². The predicted molar refractivity (Wildman–Crippen MR) is 83.3 cm³/mol. The zero-order chi connectivity index (χ0) is 14.8. The summed E-state index contributed by atoms with van der Waals surface area (Å²) in [6.07, 6.45) is 4.15. The van der Waals surface area contributed by atoms with Crippen LogP contribution >= 0.6 is 0 Å². The van der Waals surface area contributed by atoms with Gasteiger partial charge >= 0.3 is 0 Å². The number of benzene rings is 1. The summed E-state index contributed by atoms with van der Waals surface area (Å²) in [6.45, 7) is 8.51. The van der Waals surface area contributed by atoms with Crippen molar-refractivity contribution in [2.75, 3.05) is 46.1 Å². The maximum atomic E-state index is 5.65. The maximum Gasteiger partial charge on any atom is 0.119 e.